The van der Waals surface area contributed by atoms with Crippen LogP contribution in [0.4, 0.5) is 0 Å². The standard InChI is InChI=1S/C15H23N3O/c1-18(2)12-11-17-15(19)14(16)10-6-9-13-7-4-3-5-8-13/h3-9,14H,10-12,16H2,1-2H3,(H,17,19)/t14-/m1/s1. The van der Waals surface area contributed by atoms with E-state index < -0.39 is 6.04 Å². The number of rotatable bonds is 7. The Morgan fingerprint density at radius 1 is 1.37 bits per heavy atom. The van der Waals surface area contributed by atoms with E-state index >= 15 is 0 Å². The van der Waals surface area contributed by atoms with Crippen molar-refractivity contribution in [1.29, 1.82) is 0 Å². The van der Waals surface area contributed by atoms with Crippen LogP contribution >= 0.6 is 0 Å². The van der Waals surface area contributed by atoms with Crippen LogP contribution in [-0.2, 0) is 4.79 Å². The minimum Gasteiger partial charge on any atom is -0.353 e. The molecule has 104 valence electrons. The number of nitrogens with one attached hydrogen (secondary N) is 1. The summed E-state index contributed by atoms with van der Waals surface area (Å²) in [6.07, 6.45) is 4.46. The highest BCUT2D eigenvalue weighted by Gasteiger charge is 2.10. The third kappa shape index (κ3) is 6.74. The smallest absolute Gasteiger partial charge is 0.237 e. The lowest BCUT2D eigenvalue weighted by molar-refractivity contribution is -0.122. The van der Waals surface area contributed by atoms with Crippen molar-refractivity contribution >= 4 is 12.0 Å². The molecule has 0 fully saturated rings. The van der Waals surface area contributed by atoms with Gasteiger partial charge in [-0.3, -0.25) is 4.79 Å². The van der Waals surface area contributed by atoms with Crippen LogP contribution < -0.4 is 11.1 Å². The molecule has 3 N–H and O–H groups in total. The van der Waals surface area contributed by atoms with Gasteiger partial charge in [0.05, 0.1) is 6.04 Å². The zero-order chi connectivity index (χ0) is 14.1. The van der Waals surface area contributed by atoms with Gasteiger partial charge in [-0.2, -0.15) is 0 Å². The van der Waals surface area contributed by atoms with E-state index in [9.17, 15) is 4.79 Å². The number of hydrogen-bond acceptors (Lipinski definition) is 3. The van der Waals surface area contributed by atoms with Crippen molar-refractivity contribution in [2.75, 3.05) is 27.2 Å². The molecule has 0 radical (unpaired) electrons. The predicted octanol–water partition coefficient (Wildman–Crippen LogP) is 1.10. The maximum atomic E-state index is 11.7. The van der Waals surface area contributed by atoms with E-state index in [0.29, 0.717) is 13.0 Å². The van der Waals surface area contributed by atoms with Crippen molar-refractivity contribution in [2.24, 2.45) is 5.73 Å². The molecule has 0 aliphatic carbocycles. The minimum atomic E-state index is -0.484. The third-order valence-electron chi connectivity index (χ3n) is 2.69. The van der Waals surface area contributed by atoms with E-state index in [1.807, 2.05) is 61.5 Å². The summed E-state index contributed by atoms with van der Waals surface area (Å²) < 4.78 is 0. The first kappa shape index (κ1) is 15.4. The lowest BCUT2D eigenvalue weighted by atomic mass is 10.1. The average molecular weight is 261 g/mol. The Bertz CT molecular complexity index is 401. The Morgan fingerprint density at radius 3 is 2.68 bits per heavy atom. The van der Waals surface area contributed by atoms with Gasteiger partial charge in [0.25, 0.3) is 0 Å². The molecule has 0 heterocycles. The topological polar surface area (TPSA) is 58.4 Å². The molecule has 0 saturated heterocycles. The van der Waals surface area contributed by atoms with Gasteiger partial charge in [0.15, 0.2) is 0 Å². The quantitative estimate of drug-likeness (QED) is 0.772. The fourth-order valence-corrected chi connectivity index (χ4v) is 1.56. The van der Waals surface area contributed by atoms with Gasteiger partial charge in [0, 0.05) is 13.1 Å². The van der Waals surface area contributed by atoms with Crippen LogP contribution in [0.2, 0.25) is 0 Å². The molecule has 0 bridgehead atoms. The summed E-state index contributed by atoms with van der Waals surface area (Å²) in [5.74, 6) is -0.0976. The number of carbonyl (C=O) groups excluding carboxylic acids is 1. The Labute approximate surface area is 115 Å². The van der Waals surface area contributed by atoms with Crippen molar-refractivity contribution in [1.82, 2.24) is 10.2 Å². The molecule has 1 atom stereocenters. The molecule has 1 rings (SSSR count). The van der Waals surface area contributed by atoms with E-state index in [0.717, 1.165) is 12.1 Å². The molecule has 0 saturated carbocycles. The van der Waals surface area contributed by atoms with E-state index in [2.05, 4.69) is 5.32 Å². The van der Waals surface area contributed by atoms with Gasteiger partial charge < -0.3 is 16.0 Å². The van der Waals surface area contributed by atoms with Gasteiger partial charge >= 0.3 is 0 Å². The van der Waals surface area contributed by atoms with Crippen molar-refractivity contribution in [3.63, 3.8) is 0 Å². The Balaban J connectivity index is 2.28. The lowest BCUT2D eigenvalue weighted by Gasteiger charge is -2.13. The summed E-state index contributed by atoms with van der Waals surface area (Å²) >= 11 is 0. The summed E-state index contributed by atoms with van der Waals surface area (Å²) in [5, 5.41) is 2.82. The Morgan fingerprint density at radius 2 is 2.05 bits per heavy atom. The van der Waals surface area contributed by atoms with Crippen molar-refractivity contribution in [2.45, 2.75) is 12.5 Å². The van der Waals surface area contributed by atoms with Crippen LogP contribution in [0.1, 0.15) is 12.0 Å². The minimum absolute atomic E-state index is 0.0976. The average Bonchev–Trinajstić information content (AvgIpc) is 2.39. The summed E-state index contributed by atoms with van der Waals surface area (Å²) in [7, 11) is 3.93. The fourth-order valence-electron chi connectivity index (χ4n) is 1.56. The zero-order valence-corrected chi connectivity index (χ0v) is 11.7. The van der Waals surface area contributed by atoms with Gasteiger partial charge in [-0.05, 0) is 26.1 Å². The maximum Gasteiger partial charge on any atom is 0.237 e. The first-order valence-electron chi connectivity index (χ1n) is 6.49. The first-order chi connectivity index (χ1) is 9.09. The van der Waals surface area contributed by atoms with Crippen molar-refractivity contribution in [3.05, 3.63) is 42.0 Å². The van der Waals surface area contributed by atoms with Gasteiger partial charge in [0.2, 0.25) is 5.91 Å². The predicted molar refractivity (Wildman–Crippen MR) is 79.6 cm³/mol. The number of nitrogens with two attached hydrogens (primary N) is 1. The molecule has 0 spiro atoms. The number of hydrogen-bond donors (Lipinski definition) is 2. The molecule has 4 heteroatoms. The molecule has 4 nitrogen and oxygen atoms in total. The van der Waals surface area contributed by atoms with Crippen LogP contribution in [-0.4, -0.2) is 44.0 Å². The Hall–Kier alpha value is -1.65. The molecule has 19 heavy (non-hydrogen) atoms. The highest BCUT2D eigenvalue weighted by Crippen LogP contribution is 2.02. The van der Waals surface area contributed by atoms with Gasteiger partial charge in [-0.1, -0.05) is 42.5 Å². The molecule has 1 amide bonds. The molecule has 0 aliphatic heterocycles. The zero-order valence-electron chi connectivity index (χ0n) is 11.7. The number of amides is 1. The third-order valence-corrected chi connectivity index (χ3v) is 2.69. The normalized spacial score (nSPS) is 12.8. The molecule has 0 unspecified atom stereocenters. The fraction of sp³-hybridized carbons (Fsp3) is 0.400. The number of benzene rings is 1. The number of nitrogens with zero attached hydrogens (tertiary/aromatic N) is 1. The van der Waals surface area contributed by atoms with Crippen LogP contribution in [0.5, 0.6) is 0 Å². The monoisotopic (exact) mass is 261 g/mol. The van der Waals surface area contributed by atoms with Crippen molar-refractivity contribution < 1.29 is 4.79 Å². The maximum absolute atomic E-state index is 11.7. The molecular weight excluding hydrogens is 238 g/mol. The van der Waals surface area contributed by atoms with E-state index in [1.54, 1.807) is 0 Å². The highest BCUT2D eigenvalue weighted by molar-refractivity contribution is 5.81. The van der Waals surface area contributed by atoms with E-state index in [1.165, 1.54) is 0 Å². The molecule has 0 aliphatic rings. The largest absolute Gasteiger partial charge is 0.353 e. The van der Waals surface area contributed by atoms with E-state index in [4.69, 9.17) is 5.73 Å². The Kier molecular flexibility index (Phi) is 6.85. The van der Waals surface area contributed by atoms with Crippen LogP contribution in [0.15, 0.2) is 36.4 Å². The lowest BCUT2D eigenvalue weighted by Crippen LogP contribution is -2.42. The van der Waals surface area contributed by atoms with Crippen LogP contribution in [0, 0.1) is 0 Å². The molecule has 1 aromatic rings. The van der Waals surface area contributed by atoms with Gasteiger partial charge in [0.1, 0.15) is 0 Å². The first-order valence-corrected chi connectivity index (χ1v) is 6.49. The number of carbonyl (C=O) groups is 1. The second-order valence-corrected chi connectivity index (χ2v) is 4.75. The molecule has 0 aromatic heterocycles. The summed E-state index contributed by atoms with van der Waals surface area (Å²) in [6, 6.07) is 9.47. The molecule has 1 aromatic carbocycles. The van der Waals surface area contributed by atoms with E-state index in [-0.39, 0.29) is 5.91 Å². The van der Waals surface area contributed by atoms with Crippen LogP contribution in [0.25, 0.3) is 6.08 Å². The second-order valence-electron chi connectivity index (χ2n) is 4.75. The van der Waals surface area contributed by atoms with Gasteiger partial charge in [-0.25, -0.2) is 0 Å². The summed E-state index contributed by atoms with van der Waals surface area (Å²) in [6.45, 7) is 1.44. The SMILES string of the molecule is CN(C)CCNC(=O)[C@H](N)CC=Cc1ccccc1. The number of likely N-dealkylation sites (N-methyl/N-ethyl adjacent to an activating group) is 1. The summed E-state index contributed by atoms with van der Waals surface area (Å²) in [5.41, 5.74) is 6.93. The van der Waals surface area contributed by atoms with Crippen molar-refractivity contribution in [3.8, 4) is 0 Å². The van der Waals surface area contributed by atoms with Gasteiger partial charge in [-0.15, -0.1) is 0 Å². The van der Waals surface area contributed by atoms with Crippen LogP contribution in [0.3, 0.4) is 0 Å². The highest BCUT2D eigenvalue weighted by atomic mass is 16.2. The molecular formula is C15H23N3O. The summed E-state index contributed by atoms with van der Waals surface area (Å²) in [4.78, 5) is 13.7. The second kappa shape index (κ2) is 8.45.